The zero-order valence-corrected chi connectivity index (χ0v) is 16.3. The highest BCUT2D eigenvalue weighted by Gasteiger charge is 2.70. The summed E-state index contributed by atoms with van der Waals surface area (Å²) in [6.45, 7) is 6.89. The maximum atomic E-state index is 13.0. The minimum atomic E-state index is -0.748. The lowest BCUT2D eigenvalue weighted by Crippen LogP contribution is -2.49. The molecule has 2 aromatic rings. The summed E-state index contributed by atoms with van der Waals surface area (Å²) in [6.07, 6.45) is 3.03. The summed E-state index contributed by atoms with van der Waals surface area (Å²) >= 11 is 0. The number of esters is 1. The highest BCUT2D eigenvalue weighted by atomic mass is 16.6. The number of hydrogen-bond acceptors (Lipinski definition) is 2. The van der Waals surface area contributed by atoms with E-state index in [2.05, 4.69) is 32.6 Å². The van der Waals surface area contributed by atoms with E-state index in [9.17, 15) is 4.79 Å². The predicted octanol–water partition coefficient (Wildman–Crippen LogP) is 5.48. The molecule has 0 heterocycles. The van der Waals surface area contributed by atoms with E-state index in [1.54, 1.807) is 12.1 Å². The quantitative estimate of drug-likeness (QED) is 0.525. The van der Waals surface area contributed by atoms with E-state index in [1.807, 2.05) is 48.5 Å². The number of ether oxygens (including phenoxy) is 1. The second-order valence-corrected chi connectivity index (χ2v) is 8.69. The molecule has 2 aliphatic rings. The van der Waals surface area contributed by atoms with Gasteiger partial charge in [-0.3, -0.25) is 0 Å². The number of carbonyl (C=O) groups is 1. The van der Waals surface area contributed by atoms with Gasteiger partial charge in [0, 0.05) is 17.4 Å². The first-order valence-corrected chi connectivity index (χ1v) is 9.75. The van der Waals surface area contributed by atoms with Gasteiger partial charge in [-0.2, -0.15) is 0 Å². The summed E-state index contributed by atoms with van der Waals surface area (Å²) < 4.78 is 6.27. The molecule has 2 aromatic carbocycles. The Morgan fingerprint density at radius 3 is 2.19 bits per heavy atom. The van der Waals surface area contributed by atoms with Crippen LogP contribution < -0.4 is 0 Å². The van der Waals surface area contributed by atoms with Crippen LogP contribution in [0.15, 0.2) is 60.7 Å². The Kier molecular flexibility index (Phi) is 4.15. The van der Waals surface area contributed by atoms with Crippen LogP contribution in [0.25, 0.3) is 0 Å². The van der Waals surface area contributed by atoms with Gasteiger partial charge in [-0.15, -0.1) is 0 Å². The summed E-state index contributed by atoms with van der Waals surface area (Å²) in [5.74, 6) is 7.00. The molecule has 2 fully saturated rings. The van der Waals surface area contributed by atoms with Gasteiger partial charge in [0.2, 0.25) is 0 Å². The fraction of sp³-hybridized carbons (Fsp3) is 0.400. The molecule has 0 radical (unpaired) electrons. The zero-order chi connectivity index (χ0) is 19.1. The van der Waals surface area contributed by atoms with Gasteiger partial charge in [-0.05, 0) is 54.4 Å². The van der Waals surface area contributed by atoms with Gasteiger partial charge >= 0.3 is 5.97 Å². The highest BCUT2D eigenvalue weighted by molar-refractivity contribution is 5.90. The molecular weight excluding hydrogens is 332 g/mol. The minimum absolute atomic E-state index is 0.0926. The molecule has 0 saturated heterocycles. The number of hydrogen-bond donors (Lipinski definition) is 0. The molecule has 0 N–H and O–H groups in total. The lowest BCUT2D eigenvalue weighted by molar-refractivity contribution is -0.0657. The van der Waals surface area contributed by atoms with E-state index >= 15 is 0 Å². The third-order valence-electron chi connectivity index (χ3n) is 7.32. The standard InChI is InChI=1S/C25H26O2/c1-23(2)21-15-16-24(23,3)25(18-21,17-14-19-10-6-4-7-11-19)27-22(26)20-12-8-5-9-13-20/h4-13,21H,15-16,18H2,1-3H3/t21-,24+,25+/m0/s1. The van der Waals surface area contributed by atoms with Crippen molar-refractivity contribution >= 4 is 5.97 Å². The molecule has 0 aliphatic heterocycles. The Morgan fingerprint density at radius 2 is 1.63 bits per heavy atom. The van der Waals surface area contributed by atoms with Crippen LogP contribution >= 0.6 is 0 Å². The summed E-state index contributed by atoms with van der Waals surface area (Å²) in [7, 11) is 0. The van der Waals surface area contributed by atoms with Crippen molar-refractivity contribution in [3.63, 3.8) is 0 Å². The normalized spacial score (nSPS) is 30.4. The third kappa shape index (κ3) is 2.69. The lowest BCUT2D eigenvalue weighted by atomic mass is 9.64. The van der Waals surface area contributed by atoms with Gasteiger partial charge < -0.3 is 4.74 Å². The van der Waals surface area contributed by atoms with Crippen molar-refractivity contribution in [2.24, 2.45) is 16.7 Å². The monoisotopic (exact) mass is 358 g/mol. The van der Waals surface area contributed by atoms with Crippen LogP contribution in [0.3, 0.4) is 0 Å². The van der Waals surface area contributed by atoms with Crippen LogP contribution in [0.4, 0.5) is 0 Å². The first kappa shape index (κ1) is 17.9. The summed E-state index contributed by atoms with van der Waals surface area (Å²) in [5, 5.41) is 0. The first-order chi connectivity index (χ1) is 12.9. The number of carbonyl (C=O) groups excluding carboxylic acids is 1. The average Bonchev–Trinajstić information content (AvgIpc) is 3.00. The summed E-state index contributed by atoms with van der Waals surface area (Å²) in [5.41, 5.74) is 0.730. The Bertz CT molecular complexity index is 904. The molecule has 0 aromatic heterocycles. The van der Waals surface area contributed by atoms with Gasteiger partial charge in [0.1, 0.15) is 0 Å². The molecule has 0 spiro atoms. The largest absolute Gasteiger partial charge is 0.442 e. The van der Waals surface area contributed by atoms with Crippen molar-refractivity contribution in [1.29, 1.82) is 0 Å². The topological polar surface area (TPSA) is 26.3 Å². The fourth-order valence-corrected chi connectivity index (χ4v) is 5.10. The van der Waals surface area contributed by atoms with E-state index in [0.29, 0.717) is 11.5 Å². The Labute approximate surface area is 161 Å². The van der Waals surface area contributed by atoms with Crippen molar-refractivity contribution < 1.29 is 9.53 Å². The molecule has 2 heteroatoms. The van der Waals surface area contributed by atoms with E-state index in [0.717, 1.165) is 18.4 Å². The maximum Gasteiger partial charge on any atom is 0.339 e. The van der Waals surface area contributed by atoms with Gasteiger partial charge in [0.25, 0.3) is 0 Å². The van der Waals surface area contributed by atoms with Gasteiger partial charge in [-0.1, -0.05) is 63.1 Å². The minimum Gasteiger partial charge on any atom is -0.442 e. The van der Waals surface area contributed by atoms with Crippen LogP contribution in [0.5, 0.6) is 0 Å². The van der Waals surface area contributed by atoms with Crippen molar-refractivity contribution in [1.82, 2.24) is 0 Å². The molecule has 2 saturated carbocycles. The van der Waals surface area contributed by atoms with Gasteiger partial charge in [-0.25, -0.2) is 4.79 Å². The first-order valence-electron chi connectivity index (χ1n) is 9.75. The Hall–Kier alpha value is -2.53. The summed E-state index contributed by atoms with van der Waals surface area (Å²) in [4.78, 5) is 13.0. The molecule has 2 bridgehead atoms. The van der Waals surface area contributed by atoms with Crippen LogP contribution in [0.2, 0.25) is 0 Å². The number of rotatable bonds is 2. The van der Waals surface area contributed by atoms with Crippen LogP contribution in [-0.4, -0.2) is 11.6 Å². The van der Waals surface area contributed by atoms with Crippen LogP contribution in [0.1, 0.15) is 56.0 Å². The van der Waals surface area contributed by atoms with E-state index in [-0.39, 0.29) is 16.8 Å². The second kappa shape index (κ2) is 6.27. The van der Waals surface area contributed by atoms with Crippen molar-refractivity contribution in [2.45, 2.75) is 45.6 Å². The van der Waals surface area contributed by atoms with Gasteiger partial charge in [0.05, 0.1) is 5.56 Å². The lowest BCUT2D eigenvalue weighted by Gasteiger charge is -2.44. The molecule has 2 aliphatic carbocycles. The Morgan fingerprint density at radius 1 is 1.00 bits per heavy atom. The number of fused-ring (bicyclic) bond motifs is 2. The van der Waals surface area contributed by atoms with E-state index in [4.69, 9.17) is 4.74 Å². The fourth-order valence-electron chi connectivity index (χ4n) is 5.10. The summed E-state index contributed by atoms with van der Waals surface area (Å²) in [6, 6.07) is 19.2. The predicted molar refractivity (Wildman–Crippen MR) is 107 cm³/mol. The molecule has 4 rings (SSSR count). The zero-order valence-electron chi connectivity index (χ0n) is 16.3. The van der Waals surface area contributed by atoms with Crippen molar-refractivity contribution in [3.8, 4) is 11.8 Å². The molecule has 2 nitrogen and oxygen atoms in total. The average molecular weight is 358 g/mol. The molecule has 27 heavy (non-hydrogen) atoms. The molecule has 3 atom stereocenters. The van der Waals surface area contributed by atoms with Crippen molar-refractivity contribution in [2.75, 3.05) is 0 Å². The Balaban J connectivity index is 1.76. The van der Waals surface area contributed by atoms with Crippen LogP contribution in [-0.2, 0) is 4.74 Å². The molecular formula is C25H26O2. The smallest absolute Gasteiger partial charge is 0.339 e. The van der Waals surface area contributed by atoms with E-state index in [1.165, 1.54) is 6.42 Å². The van der Waals surface area contributed by atoms with E-state index < -0.39 is 5.60 Å². The maximum absolute atomic E-state index is 13.0. The van der Waals surface area contributed by atoms with Crippen molar-refractivity contribution in [3.05, 3.63) is 71.8 Å². The third-order valence-corrected chi connectivity index (χ3v) is 7.32. The van der Waals surface area contributed by atoms with Crippen LogP contribution in [0, 0.1) is 28.6 Å². The van der Waals surface area contributed by atoms with Gasteiger partial charge in [0.15, 0.2) is 5.60 Å². The molecule has 0 amide bonds. The second-order valence-electron chi connectivity index (χ2n) is 8.69. The molecule has 138 valence electrons. The molecule has 0 unspecified atom stereocenters. The SMILES string of the molecule is CC1(C)[C@H]2CC[C@@]1(C)[C@](C#Cc1ccccc1)(OC(=O)c1ccccc1)C2. The number of benzene rings is 2. The highest BCUT2D eigenvalue weighted by Crippen LogP contribution is 2.70.